The van der Waals surface area contributed by atoms with Gasteiger partial charge in [-0.2, -0.15) is 0 Å². The van der Waals surface area contributed by atoms with Crippen molar-refractivity contribution in [3.63, 3.8) is 0 Å². The fourth-order valence-electron chi connectivity index (χ4n) is 6.63. The molecule has 0 saturated heterocycles. The Morgan fingerprint density at radius 1 is 0.347 bits per heavy atom. The highest BCUT2D eigenvalue weighted by Crippen LogP contribution is 2.41. The summed E-state index contributed by atoms with van der Waals surface area (Å²) in [6, 6.07) is 29.5. The zero-order valence-electron chi connectivity index (χ0n) is 35.6. The SMILES string of the molecule is [2H]c1c([2H])c([2H])c(-c2nc(-c3ccc4c5cc(-c6ccc7sc8ccccc8c7c6)ccc5c5ccccc5c4c3)nc(-c3c([2H])c([2H])c([2H])c([2H])c3[2H])n2)c([2H])c1[2H]. The summed E-state index contributed by atoms with van der Waals surface area (Å²) in [6.07, 6.45) is 0. The third kappa shape index (κ3) is 4.68. The number of aromatic nitrogens is 3. The fraction of sp³-hybridized carbons (Fsp3) is 0. The molecule has 3 nitrogen and oxygen atoms in total. The number of hydrogen-bond donors (Lipinski definition) is 0. The highest BCUT2D eigenvalue weighted by atomic mass is 32.1. The van der Waals surface area contributed by atoms with E-state index in [0.29, 0.717) is 5.56 Å². The molecule has 2 aromatic heterocycles. The minimum Gasteiger partial charge on any atom is -0.208 e. The van der Waals surface area contributed by atoms with E-state index in [1.165, 1.54) is 20.2 Å². The number of hydrogen-bond acceptors (Lipinski definition) is 4. The van der Waals surface area contributed by atoms with Gasteiger partial charge < -0.3 is 0 Å². The molecule has 4 heteroatoms. The van der Waals surface area contributed by atoms with Crippen molar-refractivity contribution < 1.29 is 13.7 Å². The standard InChI is InChI=1S/C45H27N3S/c1-3-11-28(12-4-1)43-46-44(29-13-5-2-6-14-29)48-45(47-43)32-20-23-36-38-25-30(19-22-35(38)33-15-7-8-16-34(33)39(36)27-32)31-21-24-42-40(26-31)37-17-9-10-18-41(37)49-42/h1-27H/i1D,2D,3D,4D,5D,6D,11D,12D,13D,14D. The van der Waals surface area contributed by atoms with Crippen LogP contribution in [0.2, 0.25) is 0 Å². The second-order valence-electron chi connectivity index (χ2n) is 11.7. The van der Waals surface area contributed by atoms with Crippen LogP contribution in [-0.2, 0) is 0 Å². The molecule has 0 amide bonds. The van der Waals surface area contributed by atoms with Gasteiger partial charge in [0.1, 0.15) is 0 Å². The van der Waals surface area contributed by atoms with Gasteiger partial charge in [0.15, 0.2) is 17.5 Å². The van der Waals surface area contributed by atoms with Gasteiger partial charge in [-0.15, -0.1) is 11.3 Å². The van der Waals surface area contributed by atoms with E-state index in [-0.39, 0.29) is 28.6 Å². The van der Waals surface area contributed by atoms with Crippen molar-refractivity contribution in [1.82, 2.24) is 15.0 Å². The molecule has 0 atom stereocenters. The number of rotatable bonds is 4. The average Bonchev–Trinajstić information content (AvgIpc) is 3.64. The molecule has 0 unspecified atom stereocenters. The molecule has 0 aliphatic rings. The summed E-state index contributed by atoms with van der Waals surface area (Å²) in [7, 11) is 0. The predicted octanol–water partition coefficient (Wildman–Crippen LogP) is 12.4. The Hall–Kier alpha value is -6.23. The molecule has 0 radical (unpaired) electrons. The van der Waals surface area contributed by atoms with Gasteiger partial charge in [0.05, 0.1) is 13.7 Å². The van der Waals surface area contributed by atoms with E-state index < -0.39 is 60.4 Å². The first-order valence-corrected chi connectivity index (χ1v) is 16.4. The molecule has 0 N–H and O–H groups in total. The topological polar surface area (TPSA) is 38.7 Å². The van der Waals surface area contributed by atoms with Gasteiger partial charge in [-0.1, -0.05) is 133 Å². The molecule has 8 aromatic carbocycles. The monoisotopic (exact) mass is 651 g/mol. The summed E-state index contributed by atoms with van der Waals surface area (Å²) in [5.41, 5.74) is 1.99. The van der Waals surface area contributed by atoms with Crippen LogP contribution in [0.15, 0.2) is 164 Å². The number of nitrogens with zero attached hydrogens (tertiary/aromatic N) is 3. The van der Waals surface area contributed by atoms with Crippen molar-refractivity contribution in [2.75, 3.05) is 0 Å². The maximum absolute atomic E-state index is 8.69. The summed E-state index contributed by atoms with van der Waals surface area (Å²) in [5.74, 6) is -0.602. The number of thiophene rings is 1. The Bertz CT molecular complexity index is 3330. The van der Waals surface area contributed by atoms with Gasteiger partial charge in [0, 0.05) is 36.9 Å². The van der Waals surface area contributed by atoms with Crippen LogP contribution in [0, 0.1) is 0 Å². The lowest BCUT2D eigenvalue weighted by molar-refractivity contribution is 1.07. The van der Waals surface area contributed by atoms with Crippen molar-refractivity contribution in [1.29, 1.82) is 0 Å². The first-order valence-electron chi connectivity index (χ1n) is 20.6. The van der Waals surface area contributed by atoms with Crippen LogP contribution in [-0.4, -0.2) is 15.0 Å². The maximum Gasteiger partial charge on any atom is 0.164 e. The van der Waals surface area contributed by atoms with Crippen LogP contribution >= 0.6 is 11.3 Å². The second-order valence-corrected chi connectivity index (χ2v) is 12.8. The van der Waals surface area contributed by atoms with Gasteiger partial charge >= 0.3 is 0 Å². The molecule has 228 valence electrons. The molecule has 0 aliphatic carbocycles. The fourth-order valence-corrected chi connectivity index (χ4v) is 7.72. The Kier molecular flexibility index (Phi) is 4.47. The lowest BCUT2D eigenvalue weighted by Gasteiger charge is -2.14. The van der Waals surface area contributed by atoms with E-state index in [1.54, 1.807) is 11.3 Å². The minimum atomic E-state index is -0.598. The maximum atomic E-state index is 8.69. The zero-order chi connectivity index (χ0) is 41.0. The lowest BCUT2D eigenvalue weighted by atomic mass is 9.91. The van der Waals surface area contributed by atoms with Crippen LogP contribution in [0.1, 0.15) is 13.7 Å². The smallest absolute Gasteiger partial charge is 0.164 e. The zero-order valence-corrected chi connectivity index (χ0v) is 26.4. The lowest BCUT2D eigenvalue weighted by Crippen LogP contribution is -2.00. The molecule has 10 rings (SSSR count). The van der Waals surface area contributed by atoms with Gasteiger partial charge in [-0.3, -0.25) is 0 Å². The molecule has 2 heterocycles. The molecular formula is C45H27N3S. The molecule has 0 bridgehead atoms. The third-order valence-electron chi connectivity index (χ3n) is 8.89. The molecule has 0 fully saturated rings. The predicted molar refractivity (Wildman–Crippen MR) is 207 cm³/mol. The average molecular weight is 652 g/mol. The van der Waals surface area contributed by atoms with E-state index >= 15 is 0 Å². The van der Waals surface area contributed by atoms with E-state index in [0.717, 1.165) is 43.4 Å². The normalized spacial score (nSPS) is 14.5. The van der Waals surface area contributed by atoms with Crippen molar-refractivity contribution in [2.45, 2.75) is 0 Å². The molecule has 0 saturated carbocycles. The molecule has 49 heavy (non-hydrogen) atoms. The summed E-state index contributed by atoms with van der Waals surface area (Å²) < 4.78 is 86.8. The van der Waals surface area contributed by atoms with E-state index in [9.17, 15) is 0 Å². The number of benzene rings is 8. The van der Waals surface area contributed by atoms with Crippen LogP contribution in [0.25, 0.3) is 97.8 Å². The Morgan fingerprint density at radius 2 is 0.776 bits per heavy atom. The van der Waals surface area contributed by atoms with Crippen molar-refractivity contribution in [3.8, 4) is 45.3 Å². The summed E-state index contributed by atoms with van der Waals surface area (Å²) in [5, 5.41) is 8.33. The first kappa shape index (κ1) is 19.6. The summed E-state index contributed by atoms with van der Waals surface area (Å²) >= 11 is 1.78. The number of fused-ring (bicyclic) bond motifs is 9. The van der Waals surface area contributed by atoms with Gasteiger partial charge in [0.2, 0.25) is 0 Å². The van der Waals surface area contributed by atoms with Crippen molar-refractivity contribution >= 4 is 63.8 Å². The molecule has 10 aromatic rings. The van der Waals surface area contributed by atoms with Crippen LogP contribution in [0.4, 0.5) is 0 Å². The molecule has 0 spiro atoms. The van der Waals surface area contributed by atoms with E-state index in [4.69, 9.17) is 13.7 Å². The van der Waals surface area contributed by atoms with E-state index in [2.05, 4.69) is 81.7 Å². The van der Waals surface area contributed by atoms with Gasteiger partial charge in [0.25, 0.3) is 0 Å². The highest BCUT2D eigenvalue weighted by Gasteiger charge is 2.16. The Balaban J connectivity index is 1.22. The van der Waals surface area contributed by atoms with Gasteiger partial charge in [-0.05, 0) is 73.8 Å². The van der Waals surface area contributed by atoms with Gasteiger partial charge in [-0.25, -0.2) is 15.0 Å². The van der Waals surface area contributed by atoms with Crippen LogP contribution in [0.5, 0.6) is 0 Å². The minimum absolute atomic E-state index is 0.0137. The summed E-state index contributed by atoms with van der Waals surface area (Å²) in [4.78, 5) is 13.7. The van der Waals surface area contributed by atoms with Crippen molar-refractivity contribution in [3.05, 3.63) is 164 Å². The van der Waals surface area contributed by atoms with Crippen molar-refractivity contribution in [2.24, 2.45) is 0 Å². The molecule has 0 aliphatic heterocycles. The third-order valence-corrected chi connectivity index (χ3v) is 10.0. The Morgan fingerprint density at radius 3 is 1.43 bits per heavy atom. The second kappa shape index (κ2) is 11.2. The first-order chi connectivity index (χ1) is 28.4. The summed E-state index contributed by atoms with van der Waals surface area (Å²) in [6.45, 7) is 0. The largest absolute Gasteiger partial charge is 0.208 e. The quantitative estimate of drug-likeness (QED) is 0.178. The Labute approximate surface area is 300 Å². The van der Waals surface area contributed by atoms with Crippen LogP contribution in [0.3, 0.4) is 0 Å². The van der Waals surface area contributed by atoms with E-state index in [1.807, 2.05) is 36.4 Å². The highest BCUT2D eigenvalue weighted by molar-refractivity contribution is 7.25. The molecular weight excluding hydrogens is 615 g/mol. The van der Waals surface area contributed by atoms with Crippen LogP contribution < -0.4 is 0 Å².